The molecule has 0 spiro atoms. The fourth-order valence-corrected chi connectivity index (χ4v) is 4.13. The van der Waals surface area contributed by atoms with E-state index in [9.17, 15) is 8.42 Å². The van der Waals surface area contributed by atoms with E-state index in [0.717, 1.165) is 22.4 Å². The Kier molecular flexibility index (Phi) is 9.53. The molecule has 0 aromatic heterocycles. The summed E-state index contributed by atoms with van der Waals surface area (Å²) in [5.74, 6) is 0.215. The van der Waals surface area contributed by atoms with Crippen molar-refractivity contribution in [3.05, 3.63) is 133 Å². The van der Waals surface area contributed by atoms with Crippen LogP contribution in [0.4, 0.5) is 11.4 Å². The van der Waals surface area contributed by atoms with Crippen LogP contribution in [0.5, 0.6) is 5.75 Å². The molecule has 0 unspecified atom stereocenters. The molecular formula is C29H24FeN2O3S. The fourth-order valence-electron chi connectivity index (χ4n) is 3.20. The van der Waals surface area contributed by atoms with Gasteiger partial charge in [-0.15, -0.1) is 6.07 Å². The van der Waals surface area contributed by atoms with Crippen molar-refractivity contribution in [3.8, 4) is 16.9 Å². The third-order valence-corrected chi connectivity index (χ3v) is 6.29. The van der Waals surface area contributed by atoms with Crippen LogP contribution < -0.4 is 4.18 Å². The van der Waals surface area contributed by atoms with E-state index in [-0.39, 0.29) is 27.7 Å². The molecule has 5 nitrogen and oxygen atoms in total. The number of benzene rings is 3. The van der Waals surface area contributed by atoms with Gasteiger partial charge in [0.25, 0.3) is 0 Å². The molecule has 0 aliphatic carbocycles. The van der Waals surface area contributed by atoms with E-state index in [1.165, 1.54) is 12.1 Å². The summed E-state index contributed by atoms with van der Waals surface area (Å²) in [4.78, 5) is 0.113. The van der Waals surface area contributed by atoms with Crippen LogP contribution in [0.3, 0.4) is 0 Å². The molecule has 5 rings (SSSR count). The van der Waals surface area contributed by atoms with Crippen LogP contribution in [0.1, 0.15) is 5.56 Å². The number of azo groups is 1. The predicted octanol–water partition coefficient (Wildman–Crippen LogP) is 7.97. The van der Waals surface area contributed by atoms with Gasteiger partial charge >= 0.3 is 27.2 Å². The third kappa shape index (κ3) is 7.62. The second-order valence-corrected chi connectivity index (χ2v) is 9.28. The van der Waals surface area contributed by atoms with Crippen LogP contribution in [-0.2, 0) is 27.2 Å². The maximum Gasteiger partial charge on any atom is 2.00 e. The molecule has 0 bridgehead atoms. The first-order valence-electron chi connectivity index (χ1n) is 11.0. The summed E-state index contributed by atoms with van der Waals surface area (Å²) in [6, 6.07) is 38.8. The molecule has 0 N–H and O–H groups in total. The van der Waals surface area contributed by atoms with Gasteiger partial charge in [-0.1, -0.05) is 41.5 Å². The summed E-state index contributed by atoms with van der Waals surface area (Å²) < 4.78 is 29.9. The normalized spacial score (nSPS) is 10.8. The van der Waals surface area contributed by atoms with E-state index in [4.69, 9.17) is 4.18 Å². The smallest absolute Gasteiger partial charge is 0.379 e. The maximum absolute atomic E-state index is 12.4. The first-order chi connectivity index (χ1) is 17.0. The summed E-state index contributed by atoms with van der Waals surface area (Å²) in [5.41, 5.74) is 4.50. The number of nitrogens with zero attached hydrogens (tertiary/aromatic N) is 2. The Morgan fingerprint density at radius 1 is 0.722 bits per heavy atom. The van der Waals surface area contributed by atoms with Gasteiger partial charge in [0.1, 0.15) is 10.6 Å². The van der Waals surface area contributed by atoms with E-state index in [1.807, 2.05) is 85.8 Å². The SMILES string of the molecule is Cc1ccc(S(=O)(=O)Oc2ccc(N=Nc3cccc(-c4ccc[cH-]4)c3)cc2)cc1.[Fe+2].c1cc[cH-]c1. The third-order valence-electron chi connectivity index (χ3n) is 5.03. The minimum absolute atomic E-state index is 0. The molecular weight excluding hydrogens is 512 g/mol. The van der Waals surface area contributed by atoms with Gasteiger partial charge in [0, 0.05) is 0 Å². The molecule has 182 valence electrons. The van der Waals surface area contributed by atoms with E-state index in [0.29, 0.717) is 5.69 Å². The molecule has 0 amide bonds. The van der Waals surface area contributed by atoms with Crippen molar-refractivity contribution >= 4 is 21.5 Å². The van der Waals surface area contributed by atoms with Crippen LogP contribution >= 0.6 is 0 Å². The molecule has 0 aliphatic heterocycles. The van der Waals surface area contributed by atoms with Crippen molar-refractivity contribution in [1.82, 2.24) is 0 Å². The molecule has 5 aromatic carbocycles. The molecule has 0 saturated heterocycles. The zero-order valence-corrected chi connectivity index (χ0v) is 21.4. The largest absolute Gasteiger partial charge is 2.00 e. The molecule has 0 heterocycles. The summed E-state index contributed by atoms with van der Waals surface area (Å²) in [7, 11) is -3.88. The van der Waals surface area contributed by atoms with Crippen LogP contribution in [-0.4, -0.2) is 8.42 Å². The zero-order valence-electron chi connectivity index (χ0n) is 19.5. The Labute approximate surface area is 222 Å². The van der Waals surface area contributed by atoms with Gasteiger partial charge in [-0.2, -0.15) is 60.6 Å². The molecule has 0 radical (unpaired) electrons. The Balaban J connectivity index is 0.000000538. The average Bonchev–Trinajstić information content (AvgIpc) is 3.61. The van der Waals surface area contributed by atoms with Gasteiger partial charge in [0.15, 0.2) is 0 Å². The Morgan fingerprint density at radius 2 is 1.42 bits per heavy atom. The van der Waals surface area contributed by atoms with Crippen LogP contribution in [0.2, 0.25) is 0 Å². The molecule has 5 aromatic rings. The average molecular weight is 536 g/mol. The van der Waals surface area contributed by atoms with Gasteiger partial charge in [0.2, 0.25) is 0 Å². The van der Waals surface area contributed by atoms with Gasteiger partial charge in [-0.25, -0.2) is 12.1 Å². The number of hydrogen-bond acceptors (Lipinski definition) is 5. The standard InChI is InChI=1S/C24H19N2O3S.C5H5.Fe/c1-18-9-15-24(16-10-18)30(27,28)29-23-13-11-21(12-14-23)25-26-22-8-4-7-20(17-22)19-5-2-3-6-19;1-2-4-5-3-1;/h2-17H,1H3;1-5H;/q2*-1;+2. The van der Waals surface area contributed by atoms with Crippen molar-refractivity contribution in [2.75, 3.05) is 0 Å². The van der Waals surface area contributed by atoms with Crippen LogP contribution in [0, 0.1) is 6.92 Å². The first kappa shape index (κ1) is 26.8. The second-order valence-electron chi connectivity index (χ2n) is 7.73. The van der Waals surface area contributed by atoms with Gasteiger partial charge in [-0.3, -0.25) is 0 Å². The fraction of sp³-hybridized carbons (Fsp3) is 0.0345. The Bertz CT molecular complexity index is 1440. The Hall–Kier alpha value is -3.77. The molecule has 0 saturated carbocycles. The van der Waals surface area contributed by atoms with E-state index < -0.39 is 10.1 Å². The first-order valence-corrected chi connectivity index (χ1v) is 12.4. The van der Waals surface area contributed by atoms with E-state index >= 15 is 0 Å². The van der Waals surface area contributed by atoms with E-state index in [2.05, 4.69) is 10.2 Å². The maximum atomic E-state index is 12.4. The van der Waals surface area contributed by atoms with Gasteiger partial charge in [0.05, 0.1) is 11.4 Å². The summed E-state index contributed by atoms with van der Waals surface area (Å²) in [5, 5.41) is 8.50. The molecule has 0 aliphatic rings. The quantitative estimate of drug-likeness (QED) is 0.0957. The minimum atomic E-state index is -3.88. The van der Waals surface area contributed by atoms with Crippen LogP contribution in [0.15, 0.2) is 143 Å². The summed E-state index contributed by atoms with van der Waals surface area (Å²) >= 11 is 0. The number of hydrogen-bond donors (Lipinski definition) is 0. The summed E-state index contributed by atoms with van der Waals surface area (Å²) in [6.45, 7) is 1.89. The molecule has 0 atom stereocenters. The van der Waals surface area contributed by atoms with Crippen molar-refractivity contribution in [3.63, 3.8) is 0 Å². The van der Waals surface area contributed by atoms with Crippen LogP contribution in [0.25, 0.3) is 11.1 Å². The van der Waals surface area contributed by atoms with Crippen molar-refractivity contribution in [1.29, 1.82) is 0 Å². The monoisotopic (exact) mass is 536 g/mol. The minimum Gasteiger partial charge on any atom is -0.379 e. The molecule has 7 heteroatoms. The van der Waals surface area contributed by atoms with Crippen molar-refractivity contribution < 1.29 is 29.7 Å². The zero-order chi connectivity index (χ0) is 24.5. The Morgan fingerprint density at radius 3 is 2.03 bits per heavy atom. The summed E-state index contributed by atoms with van der Waals surface area (Å²) in [6.07, 6.45) is 0. The number of rotatable bonds is 6. The van der Waals surface area contributed by atoms with Gasteiger partial charge in [-0.05, 0) is 49.4 Å². The van der Waals surface area contributed by atoms with E-state index in [1.54, 1.807) is 36.4 Å². The second kappa shape index (κ2) is 12.8. The number of aryl methyl sites for hydroxylation is 1. The van der Waals surface area contributed by atoms with Gasteiger partial charge < -0.3 is 4.18 Å². The predicted molar refractivity (Wildman–Crippen MR) is 139 cm³/mol. The molecule has 0 fully saturated rings. The van der Waals surface area contributed by atoms with Crippen molar-refractivity contribution in [2.24, 2.45) is 10.2 Å². The topological polar surface area (TPSA) is 68.1 Å². The van der Waals surface area contributed by atoms with Crippen molar-refractivity contribution in [2.45, 2.75) is 11.8 Å². The molecule has 36 heavy (non-hydrogen) atoms.